The van der Waals surface area contributed by atoms with Crippen LogP contribution in [0.1, 0.15) is 38.3 Å². The number of nitrogens with one attached hydrogen (secondary N) is 1. The van der Waals surface area contributed by atoms with E-state index in [0.29, 0.717) is 24.3 Å². The summed E-state index contributed by atoms with van der Waals surface area (Å²) in [5.74, 6) is -0.665. The lowest BCUT2D eigenvalue weighted by Gasteiger charge is -2.33. The summed E-state index contributed by atoms with van der Waals surface area (Å²) in [5.41, 5.74) is 1.71. The number of sulfonamides is 1. The highest BCUT2D eigenvalue weighted by atomic mass is 32.2. The van der Waals surface area contributed by atoms with Crippen molar-refractivity contribution in [3.8, 4) is 5.75 Å². The van der Waals surface area contributed by atoms with E-state index in [1.54, 1.807) is 37.3 Å². The topological polar surface area (TPSA) is 96.0 Å². The van der Waals surface area contributed by atoms with Gasteiger partial charge < -0.3 is 15.0 Å². The van der Waals surface area contributed by atoms with Crippen molar-refractivity contribution in [2.45, 2.75) is 51.6 Å². The molecule has 0 heterocycles. The van der Waals surface area contributed by atoms with Gasteiger partial charge in [-0.25, -0.2) is 12.8 Å². The van der Waals surface area contributed by atoms with Crippen LogP contribution in [0.4, 0.5) is 10.1 Å². The zero-order chi connectivity index (χ0) is 30.2. The Labute approximate surface area is 242 Å². The van der Waals surface area contributed by atoms with Crippen LogP contribution in [0.5, 0.6) is 5.75 Å². The first-order valence-electron chi connectivity index (χ1n) is 13.5. The smallest absolute Gasteiger partial charge is 0.264 e. The van der Waals surface area contributed by atoms with Gasteiger partial charge in [0.2, 0.25) is 11.8 Å². The number of hydrogen-bond donors (Lipinski definition) is 1. The maximum absolute atomic E-state index is 14.1. The minimum absolute atomic E-state index is 0.0127. The fourth-order valence-corrected chi connectivity index (χ4v) is 5.70. The minimum atomic E-state index is -4.23. The number of benzene rings is 3. The number of carbonyl (C=O) groups excluding carboxylic acids is 2. The number of ether oxygens (including phenoxy) is 1. The fourth-order valence-electron chi connectivity index (χ4n) is 4.28. The Morgan fingerprint density at radius 3 is 2.24 bits per heavy atom. The van der Waals surface area contributed by atoms with Crippen molar-refractivity contribution in [2.24, 2.45) is 5.92 Å². The molecule has 0 aliphatic rings. The molecular formula is C31H38FN3O5S. The lowest BCUT2D eigenvalue weighted by molar-refractivity contribution is -0.140. The third-order valence-corrected chi connectivity index (χ3v) is 8.35. The predicted molar refractivity (Wildman–Crippen MR) is 158 cm³/mol. The first kappa shape index (κ1) is 31.6. The molecule has 3 aromatic carbocycles. The van der Waals surface area contributed by atoms with Crippen LogP contribution in [0.25, 0.3) is 0 Å². The highest BCUT2D eigenvalue weighted by molar-refractivity contribution is 7.92. The van der Waals surface area contributed by atoms with E-state index in [1.807, 2.05) is 26.8 Å². The first-order valence-corrected chi connectivity index (χ1v) is 14.9. The molecule has 1 atom stereocenters. The number of carbonyl (C=O) groups is 2. The standard InChI is InChI=1S/C31H38FN3O5S/c1-6-29(31(37)33-19-22(2)3)34(20-24-8-7-9-27(18-24)40-5)30(36)21-35(26-14-12-25(32)13-15-26)41(38,39)28-16-10-23(4)11-17-28/h7-18,22,29H,6,19-21H2,1-5H3,(H,33,37)/t29-/m0/s1. The second kappa shape index (κ2) is 14.1. The Hall–Kier alpha value is -3.92. The van der Waals surface area contributed by atoms with E-state index in [9.17, 15) is 22.4 Å². The van der Waals surface area contributed by atoms with Crippen molar-refractivity contribution < 1.29 is 27.1 Å². The summed E-state index contributed by atoms with van der Waals surface area (Å²) in [5, 5.41) is 2.90. The van der Waals surface area contributed by atoms with Gasteiger partial charge in [-0.15, -0.1) is 0 Å². The van der Waals surface area contributed by atoms with Crippen molar-refractivity contribution in [3.63, 3.8) is 0 Å². The van der Waals surface area contributed by atoms with E-state index in [-0.39, 0.29) is 29.0 Å². The van der Waals surface area contributed by atoms with Gasteiger partial charge in [0.1, 0.15) is 24.2 Å². The zero-order valence-corrected chi connectivity index (χ0v) is 24.9. The van der Waals surface area contributed by atoms with Crippen molar-refractivity contribution in [1.82, 2.24) is 10.2 Å². The lowest BCUT2D eigenvalue weighted by atomic mass is 10.1. The third-order valence-electron chi connectivity index (χ3n) is 6.56. The molecule has 8 nitrogen and oxygen atoms in total. The average molecular weight is 584 g/mol. The van der Waals surface area contributed by atoms with Gasteiger partial charge in [-0.1, -0.05) is 50.6 Å². The maximum Gasteiger partial charge on any atom is 0.264 e. The maximum atomic E-state index is 14.1. The largest absolute Gasteiger partial charge is 0.497 e. The van der Waals surface area contributed by atoms with Gasteiger partial charge in [0.15, 0.2) is 0 Å². The number of halogens is 1. The van der Waals surface area contributed by atoms with E-state index in [0.717, 1.165) is 22.0 Å². The molecule has 2 amide bonds. The first-order chi connectivity index (χ1) is 19.5. The highest BCUT2D eigenvalue weighted by Gasteiger charge is 2.33. The molecule has 3 aromatic rings. The normalized spacial score (nSPS) is 12.1. The Balaban J connectivity index is 2.05. The SMILES string of the molecule is CC[C@@H](C(=O)NCC(C)C)N(Cc1cccc(OC)c1)C(=O)CN(c1ccc(F)cc1)S(=O)(=O)c1ccc(C)cc1. The van der Waals surface area contributed by atoms with Crippen LogP contribution in [-0.4, -0.2) is 51.4 Å². The molecule has 0 aromatic heterocycles. The van der Waals surface area contributed by atoms with Gasteiger partial charge in [0, 0.05) is 13.1 Å². The van der Waals surface area contributed by atoms with Crippen LogP contribution in [-0.2, 0) is 26.2 Å². The van der Waals surface area contributed by atoms with Crippen molar-refractivity contribution >= 4 is 27.5 Å². The minimum Gasteiger partial charge on any atom is -0.497 e. The summed E-state index contributed by atoms with van der Waals surface area (Å²) in [7, 11) is -2.69. The van der Waals surface area contributed by atoms with Crippen LogP contribution in [0.15, 0.2) is 77.7 Å². The van der Waals surface area contributed by atoms with Crippen molar-refractivity contribution in [2.75, 3.05) is 24.5 Å². The van der Waals surface area contributed by atoms with Crippen LogP contribution in [0, 0.1) is 18.7 Å². The average Bonchev–Trinajstić information content (AvgIpc) is 2.95. The van der Waals surface area contributed by atoms with E-state index >= 15 is 0 Å². The number of aryl methyl sites for hydroxylation is 1. The molecule has 0 aliphatic carbocycles. The molecular weight excluding hydrogens is 545 g/mol. The van der Waals surface area contributed by atoms with Crippen molar-refractivity contribution in [3.05, 3.63) is 89.7 Å². The molecule has 0 saturated heterocycles. The number of rotatable bonds is 13. The lowest BCUT2D eigenvalue weighted by Crippen LogP contribution is -2.52. The second-order valence-electron chi connectivity index (χ2n) is 10.2. The molecule has 41 heavy (non-hydrogen) atoms. The predicted octanol–water partition coefficient (Wildman–Crippen LogP) is 4.92. The molecule has 220 valence electrons. The van der Waals surface area contributed by atoms with Gasteiger partial charge in [0.05, 0.1) is 17.7 Å². The molecule has 10 heteroatoms. The van der Waals surface area contributed by atoms with Gasteiger partial charge in [0.25, 0.3) is 10.0 Å². The number of methoxy groups -OCH3 is 1. The monoisotopic (exact) mass is 583 g/mol. The van der Waals surface area contributed by atoms with Crippen molar-refractivity contribution in [1.29, 1.82) is 0 Å². The molecule has 0 unspecified atom stereocenters. The van der Waals surface area contributed by atoms with Crippen LogP contribution in [0.3, 0.4) is 0 Å². The van der Waals surface area contributed by atoms with E-state index in [2.05, 4.69) is 5.32 Å². The highest BCUT2D eigenvalue weighted by Crippen LogP contribution is 2.26. The Kier molecular flexibility index (Phi) is 10.9. The molecule has 0 aliphatic heterocycles. The van der Waals surface area contributed by atoms with Crippen LogP contribution in [0.2, 0.25) is 0 Å². The Morgan fingerprint density at radius 1 is 1.00 bits per heavy atom. The molecule has 0 saturated carbocycles. The number of hydrogen-bond acceptors (Lipinski definition) is 5. The second-order valence-corrected chi connectivity index (χ2v) is 12.1. The van der Waals surface area contributed by atoms with Crippen LogP contribution >= 0.6 is 0 Å². The summed E-state index contributed by atoms with van der Waals surface area (Å²) < 4.78 is 47.8. The molecule has 0 spiro atoms. The van der Waals surface area contributed by atoms with Gasteiger partial charge >= 0.3 is 0 Å². The van der Waals surface area contributed by atoms with Gasteiger partial charge in [-0.05, 0) is 73.4 Å². The molecule has 3 rings (SSSR count). The summed E-state index contributed by atoms with van der Waals surface area (Å²) in [6.07, 6.45) is 0.306. The number of nitrogens with zero attached hydrogens (tertiary/aromatic N) is 2. The Morgan fingerprint density at radius 2 is 1.66 bits per heavy atom. The third kappa shape index (κ3) is 8.29. The summed E-state index contributed by atoms with van der Waals surface area (Å²) in [4.78, 5) is 28.7. The zero-order valence-electron chi connectivity index (χ0n) is 24.1. The Bertz CT molecular complexity index is 1430. The quantitative estimate of drug-likeness (QED) is 0.308. The summed E-state index contributed by atoms with van der Waals surface area (Å²) in [6, 6.07) is 17.4. The van der Waals surface area contributed by atoms with Gasteiger partial charge in [-0.2, -0.15) is 0 Å². The van der Waals surface area contributed by atoms with E-state index in [1.165, 1.54) is 36.3 Å². The van der Waals surface area contributed by atoms with Crippen LogP contribution < -0.4 is 14.4 Å². The molecule has 0 radical (unpaired) electrons. The number of amides is 2. The van der Waals surface area contributed by atoms with E-state index < -0.39 is 34.3 Å². The molecule has 0 bridgehead atoms. The van der Waals surface area contributed by atoms with E-state index in [4.69, 9.17) is 4.74 Å². The summed E-state index contributed by atoms with van der Waals surface area (Å²) >= 11 is 0. The number of anilines is 1. The molecule has 1 N–H and O–H groups in total. The molecule has 0 fully saturated rings. The fraction of sp³-hybridized carbons (Fsp3) is 0.355. The summed E-state index contributed by atoms with van der Waals surface area (Å²) in [6.45, 7) is 7.45. The van der Waals surface area contributed by atoms with Gasteiger partial charge in [-0.3, -0.25) is 13.9 Å².